The molecule has 6 heteroatoms. The molecule has 0 atom stereocenters. The van der Waals surface area contributed by atoms with Gasteiger partial charge in [0.25, 0.3) is 0 Å². The molecule has 27 heavy (non-hydrogen) atoms. The van der Waals surface area contributed by atoms with Crippen molar-refractivity contribution in [2.24, 2.45) is 0 Å². The number of aryl methyl sites for hydroxylation is 1. The van der Waals surface area contributed by atoms with Crippen molar-refractivity contribution in [3.05, 3.63) is 42.0 Å². The zero-order valence-electron chi connectivity index (χ0n) is 15.9. The lowest BCUT2D eigenvalue weighted by atomic mass is 10.1. The van der Waals surface area contributed by atoms with Crippen LogP contribution >= 0.6 is 11.8 Å². The summed E-state index contributed by atoms with van der Waals surface area (Å²) in [6, 6.07) is 12.3. The molecule has 1 aliphatic rings. The smallest absolute Gasteiger partial charge is 0.162 e. The Morgan fingerprint density at radius 1 is 0.926 bits per heavy atom. The Bertz CT molecular complexity index is 954. The van der Waals surface area contributed by atoms with Crippen LogP contribution in [0.2, 0.25) is 0 Å². The van der Waals surface area contributed by atoms with Gasteiger partial charge in [0.05, 0.1) is 19.7 Å². The highest BCUT2D eigenvalue weighted by Gasteiger charge is 2.20. The molecule has 3 aromatic rings. The van der Waals surface area contributed by atoms with Crippen molar-refractivity contribution in [3.63, 3.8) is 0 Å². The molecule has 0 unspecified atom stereocenters. The number of hydrogen-bond donors (Lipinski definition) is 0. The third kappa shape index (κ3) is 3.54. The number of rotatable bonds is 4. The summed E-state index contributed by atoms with van der Waals surface area (Å²) in [6.45, 7) is 4.05. The fourth-order valence-electron chi connectivity index (χ4n) is 3.29. The molecule has 0 amide bonds. The average molecular weight is 382 g/mol. The second-order valence-electron chi connectivity index (χ2n) is 6.56. The number of hydrogen-bond acceptors (Lipinski definition) is 6. The summed E-state index contributed by atoms with van der Waals surface area (Å²) in [5.41, 5.74) is 3.11. The fraction of sp³-hybridized carbons (Fsp3) is 0.333. The van der Waals surface area contributed by atoms with Crippen LogP contribution in [0.25, 0.3) is 22.3 Å². The van der Waals surface area contributed by atoms with Crippen LogP contribution in [0.3, 0.4) is 0 Å². The van der Waals surface area contributed by atoms with Gasteiger partial charge >= 0.3 is 0 Å². The van der Waals surface area contributed by atoms with Gasteiger partial charge in [-0.2, -0.15) is 11.8 Å². The molecular weight excluding hydrogens is 358 g/mol. The first-order chi connectivity index (χ1) is 13.2. The van der Waals surface area contributed by atoms with E-state index in [1.807, 2.05) is 23.9 Å². The lowest BCUT2D eigenvalue weighted by molar-refractivity contribution is 0.356. The maximum Gasteiger partial charge on any atom is 0.162 e. The Morgan fingerprint density at radius 2 is 1.59 bits per heavy atom. The summed E-state index contributed by atoms with van der Waals surface area (Å²) in [5.74, 6) is 5.31. The molecule has 1 aromatic heterocycles. The van der Waals surface area contributed by atoms with Gasteiger partial charge in [-0.25, -0.2) is 9.97 Å². The van der Waals surface area contributed by atoms with E-state index in [2.05, 4.69) is 36.1 Å². The largest absolute Gasteiger partial charge is 0.493 e. The summed E-state index contributed by atoms with van der Waals surface area (Å²) in [7, 11) is 3.30. The monoisotopic (exact) mass is 381 g/mol. The molecule has 0 spiro atoms. The number of methoxy groups -OCH3 is 2. The summed E-state index contributed by atoms with van der Waals surface area (Å²) in [4.78, 5) is 12.2. The van der Waals surface area contributed by atoms with Crippen molar-refractivity contribution in [1.82, 2.24) is 9.97 Å². The molecule has 5 nitrogen and oxygen atoms in total. The third-order valence-corrected chi connectivity index (χ3v) is 5.74. The Balaban J connectivity index is 1.93. The molecule has 1 saturated heterocycles. The van der Waals surface area contributed by atoms with E-state index >= 15 is 0 Å². The Labute approximate surface area is 163 Å². The molecule has 0 N–H and O–H groups in total. The van der Waals surface area contributed by atoms with Gasteiger partial charge in [0.2, 0.25) is 0 Å². The summed E-state index contributed by atoms with van der Waals surface area (Å²) in [6.07, 6.45) is 0. The number of thioether (sulfide) groups is 1. The average Bonchev–Trinajstić information content (AvgIpc) is 2.73. The topological polar surface area (TPSA) is 47.5 Å². The maximum absolute atomic E-state index is 5.51. The molecule has 2 heterocycles. The van der Waals surface area contributed by atoms with Gasteiger partial charge < -0.3 is 14.4 Å². The second kappa shape index (κ2) is 7.64. The highest BCUT2D eigenvalue weighted by atomic mass is 32.2. The van der Waals surface area contributed by atoms with Crippen LogP contribution in [0.4, 0.5) is 5.82 Å². The first-order valence-electron chi connectivity index (χ1n) is 9.03. The van der Waals surface area contributed by atoms with Crippen LogP contribution < -0.4 is 14.4 Å². The summed E-state index contributed by atoms with van der Waals surface area (Å²) < 4.78 is 11.0. The zero-order chi connectivity index (χ0) is 18.8. The zero-order valence-corrected chi connectivity index (χ0v) is 16.7. The summed E-state index contributed by atoms with van der Waals surface area (Å²) in [5, 5.41) is 0.996. The quantitative estimate of drug-likeness (QED) is 0.676. The number of anilines is 1. The molecule has 0 saturated carbocycles. The van der Waals surface area contributed by atoms with Gasteiger partial charge in [-0.3, -0.25) is 0 Å². The van der Waals surface area contributed by atoms with Crippen molar-refractivity contribution in [2.45, 2.75) is 6.92 Å². The van der Waals surface area contributed by atoms with Gasteiger partial charge in [-0.05, 0) is 13.0 Å². The first-order valence-corrected chi connectivity index (χ1v) is 10.2. The van der Waals surface area contributed by atoms with Crippen LogP contribution in [0, 0.1) is 6.92 Å². The van der Waals surface area contributed by atoms with E-state index in [1.165, 1.54) is 5.56 Å². The van der Waals surface area contributed by atoms with E-state index in [0.717, 1.165) is 52.7 Å². The van der Waals surface area contributed by atoms with Crippen molar-refractivity contribution < 1.29 is 9.47 Å². The van der Waals surface area contributed by atoms with Crippen molar-refractivity contribution in [1.29, 1.82) is 0 Å². The molecular formula is C21H23N3O2S. The van der Waals surface area contributed by atoms with Crippen molar-refractivity contribution in [2.75, 3.05) is 43.7 Å². The van der Waals surface area contributed by atoms with Gasteiger partial charge in [0.1, 0.15) is 5.82 Å². The standard InChI is InChI=1S/C21H23N3O2S/c1-14-4-6-15(7-5-14)20-22-17-13-19(26-3)18(25-2)12-16(17)21(23-20)24-8-10-27-11-9-24/h4-7,12-13H,8-11H2,1-3H3. The number of fused-ring (bicyclic) bond motifs is 1. The lowest BCUT2D eigenvalue weighted by Gasteiger charge is -2.29. The molecule has 1 aliphatic heterocycles. The van der Waals surface area contributed by atoms with E-state index in [-0.39, 0.29) is 0 Å². The van der Waals surface area contributed by atoms with Crippen LogP contribution in [-0.2, 0) is 0 Å². The third-order valence-electron chi connectivity index (χ3n) is 4.80. The van der Waals surface area contributed by atoms with E-state index in [9.17, 15) is 0 Å². The predicted octanol–water partition coefficient (Wildman–Crippen LogP) is 4.18. The van der Waals surface area contributed by atoms with Crippen LogP contribution in [0.5, 0.6) is 11.5 Å². The van der Waals surface area contributed by atoms with Crippen LogP contribution in [-0.4, -0.2) is 48.8 Å². The molecule has 4 rings (SSSR count). The Hall–Kier alpha value is -2.47. The summed E-state index contributed by atoms with van der Waals surface area (Å²) >= 11 is 1.98. The molecule has 2 aromatic carbocycles. The van der Waals surface area contributed by atoms with Crippen LogP contribution in [0.15, 0.2) is 36.4 Å². The second-order valence-corrected chi connectivity index (χ2v) is 7.79. The maximum atomic E-state index is 5.51. The normalized spacial score (nSPS) is 14.4. The van der Waals surface area contributed by atoms with Crippen molar-refractivity contribution >= 4 is 28.5 Å². The number of nitrogens with zero attached hydrogens (tertiary/aromatic N) is 3. The molecule has 0 radical (unpaired) electrons. The van der Waals surface area contributed by atoms with Gasteiger partial charge in [0, 0.05) is 41.6 Å². The van der Waals surface area contributed by atoms with Gasteiger partial charge in [0.15, 0.2) is 17.3 Å². The minimum absolute atomic E-state index is 0.679. The SMILES string of the molecule is COc1cc2nc(-c3ccc(C)cc3)nc(N3CCSCC3)c2cc1OC. The van der Waals surface area contributed by atoms with E-state index < -0.39 is 0 Å². The predicted molar refractivity (Wildman–Crippen MR) is 112 cm³/mol. The minimum atomic E-state index is 0.679. The number of aromatic nitrogens is 2. The highest BCUT2D eigenvalue weighted by molar-refractivity contribution is 7.99. The van der Waals surface area contributed by atoms with E-state index in [4.69, 9.17) is 19.4 Å². The van der Waals surface area contributed by atoms with Crippen LogP contribution in [0.1, 0.15) is 5.56 Å². The number of benzene rings is 2. The Morgan fingerprint density at radius 3 is 2.26 bits per heavy atom. The Kier molecular flexibility index (Phi) is 5.07. The lowest BCUT2D eigenvalue weighted by Crippen LogP contribution is -2.33. The number of ether oxygens (including phenoxy) is 2. The molecule has 140 valence electrons. The highest BCUT2D eigenvalue weighted by Crippen LogP contribution is 2.37. The fourth-order valence-corrected chi connectivity index (χ4v) is 4.19. The molecule has 1 fully saturated rings. The van der Waals surface area contributed by atoms with Crippen molar-refractivity contribution in [3.8, 4) is 22.9 Å². The minimum Gasteiger partial charge on any atom is -0.493 e. The molecule has 0 aliphatic carbocycles. The van der Waals surface area contributed by atoms with E-state index in [1.54, 1.807) is 14.2 Å². The van der Waals surface area contributed by atoms with Gasteiger partial charge in [-0.15, -0.1) is 0 Å². The van der Waals surface area contributed by atoms with Gasteiger partial charge in [-0.1, -0.05) is 29.8 Å². The van der Waals surface area contributed by atoms with E-state index in [0.29, 0.717) is 11.5 Å². The first kappa shape index (κ1) is 17.9. The molecule has 0 bridgehead atoms.